The summed E-state index contributed by atoms with van der Waals surface area (Å²) >= 11 is 0. The Balaban J connectivity index is 4.43. The second-order valence-electron chi connectivity index (χ2n) is 5.36. The number of nitrogens with zero attached hydrogens (tertiary/aromatic N) is 1. The van der Waals surface area contributed by atoms with Crippen LogP contribution in [0.3, 0.4) is 0 Å². The first-order chi connectivity index (χ1) is 8.32. The summed E-state index contributed by atoms with van der Waals surface area (Å²) in [5.74, 6) is -0.236. The molecule has 0 atom stereocenters. The molecule has 0 aliphatic carbocycles. The Labute approximate surface area is 110 Å². The van der Waals surface area contributed by atoms with Crippen LogP contribution in [0.2, 0.25) is 0 Å². The van der Waals surface area contributed by atoms with Gasteiger partial charge < -0.3 is 10.0 Å². The fourth-order valence-electron chi connectivity index (χ4n) is 1.41. The van der Waals surface area contributed by atoms with E-state index in [-0.39, 0.29) is 5.91 Å². The van der Waals surface area contributed by atoms with Gasteiger partial charge in [0.15, 0.2) is 0 Å². The molecule has 0 rings (SSSR count). The number of amides is 1. The van der Waals surface area contributed by atoms with Crippen molar-refractivity contribution in [2.24, 2.45) is 11.8 Å². The van der Waals surface area contributed by atoms with E-state index in [1.165, 1.54) is 0 Å². The van der Waals surface area contributed by atoms with E-state index >= 15 is 0 Å². The molecule has 0 heterocycles. The first-order valence-electron chi connectivity index (χ1n) is 6.52. The number of aliphatic carboxylic acids is 1. The number of hydrogen-bond donors (Lipinski definition) is 1. The van der Waals surface area contributed by atoms with Crippen LogP contribution in [0.4, 0.5) is 0 Å². The van der Waals surface area contributed by atoms with Crippen molar-refractivity contribution >= 4 is 11.9 Å². The van der Waals surface area contributed by atoms with Crippen molar-refractivity contribution in [1.82, 2.24) is 4.90 Å². The van der Waals surface area contributed by atoms with E-state index in [0.717, 1.165) is 25.0 Å². The summed E-state index contributed by atoms with van der Waals surface area (Å²) in [6.07, 6.45) is 3.92. The molecule has 0 saturated carbocycles. The highest BCUT2D eigenvalue weighted by molar-refractivity contribution is 5.93. The summed E-state index contributed by atoms with van der Waals surface area (Å²) in [5, 5.41) is 8.52. The van der Waals surface area contributed by atoms with E-state index in [1.807, 2.05) is 0 Å². The number of carbonyl (C=O) groups excluding carboxylic acids is 1. The summed E-state index contributed by atoms with van der Waals surface area (Å²) in [6.45, 7) is 9.81. The third kappa shape index (κ3) is 8.79. The lowest BCUT2D eigenvalue weighted by Gasteiger charge is -2.23. The van der Waals surface area contributed by atoms with Crippen molar-refractivity contribution in [3.8, 4) is 0 Å². The largest absolute Gasteiger partial charge is 0.478 e. The minimum absolute atomic E-state index is 0.210. The van der Waals surface area contributed by atoms with Crippen LogP contribution >= 0.6 is 0 Å². The van der Waals surface area contributed by atoms with Crippen molar-refractivity contribution in [3.05, 3.63) is 12.2 Å². The maximum Gasteiger partial charge on any atom is 0.328 e. The Morgan fingerprint density at radius 2 is 1.44 bits per heavy atom. The average Bonchev–Trinajstić information content (AvgIpc) is 2.25. The Morgan fingerprint density at radius 3 is 1.78 bits per heavy atom. The van der Waals surface area contributed by atoms with Gasteiger partial charge in [0.1, 0.15) is 0 Å². The van der Waals surface area contributed by atoms with Crippen molar-refractivity contribution in [1.29, 1.82) is 0 Å². The van der Waals surface area contributed by atoms with Gasteiger partial charge in [-0.3, -0.25) is 4.79 Å². The molecule has 104 valence electrons. The van der Waals surface area contributed by atoms with Gasteiger partial charge in [-0.1, -0.05) is 27.7 Å². The molecule has 0 unspecified atom stereocenters. The summed E-state index contributed by atoms with van der Waals surface area (Å²) in [5.41, 5.74) is 0. The lowest BCUT2D eigenvalue weighted by molar-refractivity contribution is -0.132. The third-order valence-corrected chi connectivity index (χ3v) is 2.63. The topological polar surface area (TPSA) is 57.6 Å². The van der Waals surface area contributed by atoms with Crippen LogP contribution in [0.25, 0.3) is 0 Å². The van der Waals surface area contributed by atoms with Crippen molar-refractivity contribution in [2.75, 3.05) is 13.1 Å². The van der Waals surface area contributed by atoms with E-state index < -0.39 is 5.97 Å². The second kappa shape index (κ2) is 8.72. The van der Waals surface area contributed by atoms with Gasteiger partial charge in [-0.05, 0) is 24.7 Å². The molecule has 0 spiro atoms. The van der Waals surface area contributed by atoms with Crippen LogP contribution in [0, 0.1) is 11.8 Å². The van der Waals surface area contributed by atoms with Gasteiger partial charge in [0.25, 0.3) is 0 Å². The molecule has 0 aliphatic heterocycles. The fourth-order valence-corrected chi connectivity index (χ4v) is 1.41. The van der Waals surface area contributed by atoms with E-state index in [4.69, 9.17) is 5.11 Å². The molecule has 4 heteroatoms. The van der Waals surface area contributed by atoms with Crippen LogP contribution in [-0.4, -0.2) is 35.0 Å². The Hall–Kier alpha value is -1.32. The second-order valence-corrected chi connectivity index (χ2v) is 5.36. The zero-order valence-corrected chi connectivity index (χ0v) is 11.8. The zero-order valence-electron chi connectivity index (χ0n) is 11.8. The van der Waals surface area contributed by atoms with Crippen molar-refractivity contribution < 1.29 is 14.7 Å². The first kappa shape index (κ1) is 16.7. The standard InChI is InChI=1S/C14H25NO3/c1-11(2)7-9-15(10-8-12(3)4)13(16)5-6-14(17)18/h5-6,11-12H,7-10H2,1-4H3,(H,17,18)/b6-5+. The fraction of sp³-hybridized carbons (Fsp3) is 0.714. The molecule has 0 saturated heterocycles. The zero-order chi connectivity index (χ0) is 14.1. The smallest absolute Gasteiger partial charge is 0.328 e. The first-order valence-corrected chi connectivity index (χ1v) is 6.52. The molecule has 4 nitrogen and oxygen atoms in total. The molecule has 18 heavy (non-hydrogen) atoms. The Kier molecular flexibility index (Phi) is 8.08. The Morgan fingerprint density at radius 1 is 1.00 bits per heavy atom. The third-order valence-electron chi connectivity index (χ3n) is 2.63. The van der Waals surface area contributed by atoms with Gasteiger partial charge in [0.05, 0.1) is 0 Å². The Bertz CT molecular complexity index is 283. The van der Waals surface area contributed by atoms with Gasteiger partial charge in [0.2, 0.25) is 5.91 Å². The molecular formula is C14H25NO3. The van der Waals surface area contributed by atoms with Gasteiger partial charge in [-0.2, -0.15) is 0 Å². The number of carboxylic acids is 1. The quantitative estimate of drug-likeness (QED) is 0.678. The van der Waals surface area contributed by atoms with Gasteiger partial charge in [-0.15, -0.1) is 0 Å². The summed E-state index contributed by atoms with van der Waals surface area (Å²) in [7, 11) is 0. The summed E-state index contributed by atoms with van der Waals surface area (Å²) < 4.78 is 0. The summed E-state index contributed by atoms with van der Waals surface area (Å²) in [6, 6.07) is 0. The number of carboxylic acid groups (broad SMARTS) is 1. The van der Waals surface area contributed by atoms with Gasteiger partial charge in [0, 0.05) is 25.2 Å². The lowest BCUT2D eigenvalue weighted by atomic mass is 10.1. The summed E-state index contributed by atoms with van der Waals surface area (Å²) in [4.78, 5) is 24.0. The van der Waals surface area contributed by atoms with Crippen LogP contribution < -0.4 is 0 Å². The number of hydrogen-bond acceptors (Lipinski definition) is 2. The molecule has 1 N–H and O–H groups in total. The van der Waals surface area contributed by atoms with Crippen LogP contribution in [-0.2, 0) is 9.59 Å². The van der Waals surface area contributed by atoms with Crippen LogP contribution in [0.5, 0.6) is 0 Å². The molecule has 0 aliphatic rings. The van der Waals surface area contributed by atoms with Gasteiger partial charge in [-0.25, -0.2) is 4.79 Å². The molecule has 0 radical (unpaired) electrons. The minimum Gasteiger partial charge on any atom is -0.478 e. The normalized spacial score (nSPS) is 11.4. The van der Waals surface area contributed by atoms with Gasteiger partial charge >= 0.3 is 5.97 Å². The number of rotatable bonds is 8. The predicted octanol–water partition coefficient (Wildman–Crippen LogP) is 2.55. The number of carbonyl (C=O) groups is 2. The maximum absolute atomic E-state index is 11.8. The van der Waals surface area contributed by atoms with E-state index in [0.29, 0.717) is 24.9 Å². The molecule has 0 fully saturated rings. The molecule has 0 aromatic rings. The maximum atomic E-state index is 11.8. The molecule has 1 amide bonds. The monoisotopic (exact) mass is 255 g/mol. The van der Waals surface area contributed by atoms with E-state index in [2.05, 4.69) is 27.7 Å². The predicted molar refractivity (Wildman–Crippen MR) is 72.3 cm³/mol. The van der Waals surface area contributed by atoms with Crippen molar-refractivity contribution in [3.63, 3.8) is 0 Å². The SMILES string of the molecule is CC(C)CCN(CCC(C)C)C(=O)/C=C/C(=O)O. The van der Waals surface area contributed by atoms with Crippen LogP contribution in [0.15, 0.2) is 12.2 Å². The highest BCUT2D eigenvalue weighted by Gasteiger charge is 2.12. The molecule has 0 aromatic carbocycles. The lowest BCUT2D eigenvalue weighted by Crippen LogP contribution is -2.33. The molecular weight excluding hydrogens is 230 g/mol. The van der Waals surface area contributed by atoms with E-state index in [1.54, 1.807) is 4.90 Å². The highest BCUT2D eigenvalue weighted by atomic mass is 16.4. The molecule has 0 bridgehead atoms. The molecule has 0 aromatic heterocycles. The van der Waals surface area contributed by atoms with Crippen molar-refractivity contribution in [2.45, 2.75) is 40.5 Å². The average molecular weight is 255 g/mol. The van der Waals surface area contributed by atoms with Crippen LogP contribution in [0.1, 0.15) is 40.5 Å². The minimum atomic E-state index is -1.09. The highest BCUT2D eigenvalue weighted by Crippen LogP contribution is 2.07. The van der Waals surface area contributed by atoms with E-state index in [9.17, 15) is 9.59 Å².